The third-order valence-electron chi connectivity index (χ3n) is 2.36. The second-order valence-corrected chi connectivity index (χ2v) is 3.27. The highest BCUT2D eigenvalue weighted by atomic mass is 16.1. The lowest BCUT2D eigenvalue weighted by molar-refractivity contribution is 0.906. The summed E-state index contributed by atoms with van der Waals surface area (Å²) in [6.45, 7) is 0. The van der Waals surface area contributed by atoms with Gasteiger partial charge < -0.3 is 4.57 Å². The van der Waals surface area contributed by atoms with Gasteiger partial charge in [-0.2, -0.15) is 5.26 Å². The summed E-state index contributed by atoms with van der Waals surface area (Å²) in [5.41, 5.74) is -0.320. The molecular weight excluding hydrogens is 206 g/mol. The Hall–Kier alpha value is -2.48. The topological polar surface area (TPSA) is 75.8 Å². The van der Waals surface area contributed by atoms with Crippen LogP contribution in [0.2, 0.25) is 0 Å². The van der Waals surface area contributed by atoms with Gasteiger partial charge in [0.2, 0.25) is 0 Å². The van der Waals surface area contributed by atoms with Gasteiger partial charge in [0.1, 0.15) is 6.07 Å². The molecule has 0 bridgehead atoms. The maximum absolute atomic E-state index is 11.6. The first-order valence-electron chi connectivity index (χ1n) is 4.54. The van der Waals surface area contributed by atoms with Crippen LogP contribution in [-0.4, -0.2) is 9.55 Å². The first-order valence-corrected chi connectivity index (χ1v) is 4.54. The fraction of sp³-hybridized carbons (Fsp3) is 0.0909. The summed E-state index contributed by atoms with van der Waals surface area (Å²) < 4.78 is 1.30. The summed E-state index contributed by atoms with van der Waals surface area (Å²) in [7, 11) is 1.53. The lowest BCUT2D eigenvalue weighted by Crippen LogP contribution is -2.12. The third-order valence-corrected chi connectivity index (χ3v) is 2.36. The van der Waals surface area contributed by atoms with Crippen LogP contribution in [0.25, 0.3) is 10.9 Å². The summed E-state index contributed by atoms with van der Waals surface area (Å²) in [4.78, 5) is 26.6. The van der Waals surface area contributed by atoms with E-state index in [-0.39, 0.29) is 16.5 Å². The molecule has 16 heavy (non-hydrogen) atoms. The maximum atomic E-state index is 11.6. The lowest BCUT2D eigenvalue weighted by Gasteiger charge is -1.98. The van der Waals surface area contributed by atoms with Crippen LogP contribution in [0, 0.1) is 11.3 Å². The molecule has 0 radical (unpaired) electrons. The number of aromatic nitrogens is 2. The fourth-order valence-corrected chi connectivity index (χ4v) is 1.52. The molecule has 0 unspecified atom stereocenters. The van der Waals surface area contributed by atoms with Crippen LogP contribution >= 0.6 is 0 Å². The number of benzene rings is 1. The van der Waals surface area contributed by atoms with E-state index in [1.807, 2.05) is 6.07 Å². The highest BCUT2D eigenvalue weighted by Crippen LogP contribution is 2.10. The largest absolute Gasteiger partial charge is 0.310 e. The van der Waals surface area contributed by atoms with Crippen LogP contribution in [0.3, 0.4) is 0 Å². The number of nitrogens with zero attached hydrogens (tertiary/aromatic N) is 3. The Bertz CT molecular complexity index is 726. The molecule has 0 atom stereocenters. The molecule has 0 spiro atoms. The summed E-state index contributed by atoms with van der Waals surface area (Å²) in [6.07, 6.45) is 0.962. The van der Waals surface area contributed by atoms with E-state index in [9.17, 15) is 9.59 Å². The molecular formula is C11H7N3O2. The number of rotatable bonds is 0. The van der Waals surface area contributed by atoms with Crippen molar-refractivity contribution in [2.75, 3.05) is 0 Å². The smallest absolute Gasteiger partial charge is 0.280 e. The monoisotopic (exact) mass is 213 g/mol. The summed E-state index contributed by atoms with van der Waals surface area (Å²) in [6, 6.07) is 6.68. The van der Waals surface area contributed by atoms with Crippen LogP contribution < -0.4 is 11.1 Å². The Morgan fingerprint density at radius 1 is 1.38 bits per heavy atom. The molecule has 0 saturated carbocycles. The minimum atomic E-state index is -0.565. The van der Waals surface area contributed by atoms with Gasteiger partial charge in [-0.1, -0.05) is 6.07 Å². The molecule has 2 rings (SSSR count). The van der Waals surface area contributed by atoms with Gasteiger partial charge in [0.25, 0.3) is 11.1 Å². The van der Waals surface area contributed by atoms with E-state index in [0.29, 0.717) is 5.52 Å². The van der Waals surface area contributed by atoms with E-state index in [1.165, 1.54) is 17.7 Å². The predicted octanol–water partition coefficient (Wildman–Crippen LogP) is 0.165. The highest BCUT2D eigenvalue weighted by Gasteiger charge is 2.06. The van der Waals surface area contributed by atoms with Crippen LogP contribution in [0.1, 0.15) is 5.56 Å². The standard InChI is InChI=1S/C11H7N3O2/c1-14-8-4-2-3-7(5-12)10(8)11(16)13-6-9(14)15/h2-4,6H,1H3. The number of hydrogen-bond donors (Lipinski definition) is 0. The van der Waals surface area contributed by atoms with Crippen molar-refractivity contribution < 1.29 is 0 Å². The minimum Gasteiger partial charge on any atom is -0.310 e. The zero-order valence-corrected chi connectivity index (χ0v) is 8.47. The summed E-state index contributed by atoms with van der Waals surface area (Å²) in [5, 5.41) is 9.07. The van der Waals surface area contributed by atoms with E-state index >= 15 is 0 Å². The molecule has 0 fully saturated rings. The first kappa shape index (κ1) is 10.1. The number of fused-ring (bicyclic) bond motifs is 1. The molecule has 1 heterocycles. The van der Waals surface area contributed by atoms with E-state index in [4.69, 9.17) is 5.26 Å². The zero-order valence-electron chi connectivity index (χ0n) is 8.47. The van der Waals surface area contributed by atoms with Crippen molar-refractivity contribution in [2.24, 2.45) is 7.05 Å². The van der Waals surface area contributed by atoms with Gasteiger partial charge in [-0.3, -0.25) is 9.59 Å². The predicted molar refractivity (Wildman–Crippen MR) is 58.0 cm³/mol. The fourth-order valence-electron chi connectivity index (χ4n) is 1.52. The maximum Gasteiger partial charge on any atom is 0.280 e. The van der Waals surface area contributed by atoms with Gasteiger partial charge in [0, 0.05) is 7.05 Å². The van der Waals surface area contributed by atoms with Gasteiger partial charge in [-0.05, 0) is 12.1 Å². The average molecular weight is 213 g/mol. The SMILES string of the molecule is Cn1c(=O)cnc(=O)c2c(C#N)cccc21. The molecule has 1 aromatic carbocycles. The molecule has 1 aromatic heterocycles. The van der Waals surface area contributed by atoms with Crippen LogP contribution in [0.5, 0.6) is 0 Å². The van der Waals surface area contributed by atoms with Crippen molar-refractivity contribution in [3.05, 3.63) is 50.7 Å². The molecule has 0 aliphatic rings. The van der Waals surface area contributed by atoms with Gasteiger partial charge >= 0.3 is 0 Å². The second-order valence-electron chi connectivity index (χ2n) is 3.27. The summed E-state index contributed by atoms with van der Waals surface area (Å²) in [5.74, 6) is 0. The normalized spacial score (nSPS) is 10.0. The van der Waals surface area contributed by atoms with Crippen molar-refractivity contribution in [2.45, 2.75) is 0 Å². The van der Waals surface area contributed by atoms with Crippen molar-refractivity contribution >= 4 is 10.9 Å². The average Bonchev–Trinajstić information content (AvgIpc) is 2.42. The molecule has 0 aliphatic carbocycles. The molecule has 0 N–H and O–H groups in total. The van der Waals surface area contributed by atoms with E-state index in [1.54, 1.807) is 12.1 Å². The molecule has 78 valence electrons. The Labute approximate surface area is 90.2 Å². The van der Waals surface area contributed by atoms with Gasteiger partial charge in [-0.25, -0.2) is 4.98 Å². The number of nitriles is 1. The van der Waals surface area contributed by atoms with Crippen molar-refractivity contribution in [3.63, 3.8) is 0 Å². The molecule has 0 aliphatic heterocycles. The Morgan fingerprint density at radius 2 is 2.12 bits per heavy atom. The van der Waals surface area contributed by atoms with Crippen LogP contribution in [-0.2, 0) is 7.05 Å². The molecule has 5 nitrogen and oxygen atoms in total. The lowest BCUT2D eigenvalue weighted by atomic mass is 10.1. The summed E-state index contributed by atoms with van der Waals surface area (Å²) >= 11 is 0. The highest BCUT2D eigenvalue weighted by molar-refractivity contribution is 5.83. The van der Waals surface area contributed by atoms with Crippen LogP contribution in [0.15, 0.2) is 34.0 Å². The number of aryl methyl sites for hydroxylation is 1. The minimum absolute atomic E-state index is 0.176. The second kappa shape index (κ2) is 3.59. The van der Waals surface area contributed by atoms with E-state index in [0.717, 1.165) is 6.20 Å². The molecule has 0 amide bonds. The van der Waals surface area contributed by atoms with E-state index < -0.39 is 5.56 Å². The van der Waals surface area contributed by atoms with Gasteiger partial charge in [0.05, 0.1) is 22.7 Å². The third kappa shape index (κ3) is 1.37. The Kier molecular flexibility index (Phi) is 2.25. The first-order chi connectivity index (χ1) is 7.65. The van der Waals surface area contributed by atoms with Crippen molar-refractivity contribution in [1.29, 1.82) is 5.26 Å². The quantitative estimate of drug-likeness (QED) is 0.624. The Morgan fingerprint density at radius 3 is 2.81 bits per heavy atom. The van der Waals surface area contributed by atoms with E-state index in [2.05, 4.69) is 4.98 Å². The van der Waals surface area contributed by atoms with Gasteiger partial charge in [-0.15, -0.1) is 0 Å². The van der Waals surface area contributed by atoms with Crippen LogP contribution in [0.4, 0.5) is 0 Å². The van der Waals surface area contributed by atoms with Crippen molar-refractivity contribution in [3.8, 4) is 6.07 Å². The molecule has 2 aromatic rings. The number of hydrogen-bond acceptors (Lipinski definition) is 4. The molecule has 0 saturated heterocycles. The Balaban J connectivity index is 3.24. The zero-order chi connectivity index (χ0) is 11.7. The molecule has 5 heteroatoms. The van der Waals surface area contributed by atoms with Gasteiger partial charge in [0.15, 0.2) is 0 Å². The van der Waals surface area contributed by atoms with Crippen molar-refractivity contribution in [1.82, 2.24) is 9.55 Å².